The molecule has 1 heterocycles. The number of hydrogen-bond acceptors (Lipinski definition) is 3. The molecule has 0 saturated carbocycles. The molecule has 0 aromatic heterocycles. The topological polar surface area (TPSA) is 64.4 Å². The molecule has 1 saturated heterocycles. The fourth-order valence-electron chi connectivity index (χ4n) is 1.78. The van der Waals surface area contributed by atoms with E-state index in [9.17, 15) is 4.79 Å². The third kappa shape index (κ3) is 4.62. The monoisotopic (exact) mass is 214 g/mol. The summed E-state index contributed by atoms with van der Waals surface area (Å²) < 4.78 is 5.29. The van der Waals surface area contributed by atoms with E-state index >= 15 is 0 Å². The summed E-state index contributed by atoms with van der Waals surface area (Å²) in [6.07, 6.45) is 2.75. The fourth-order valence-corrected chi connectivity index (χ4v) is 1.78. The predicted molar refractivity (Wildman–Crippen MR) is 59.4 cm³/mol. The molecule has 1 fully saturated rings. The number of hydrogen-bond donors (Lipinski definition) is 2. The number of amides is 1. The van der Waals surface area contributed by atoms with Crippen molar-refractivity contribution in [3.8, 4) is 0 Å². The Balaban J connectivity index is 2.27. The number of rotatable bonds is 4. The largest absolute Gasteiger partial charge is 0.379 e. The Morgan fingerprint density at radius 3 is 2.87 bits per heavy atom. The van der Waals surface area contributed by atoms with Gasteiger partial charge in [-0.25, -0.2) is 0 Å². The van der Waals surface area contributed by atoms with Crippen molar-refractivity contribution >= 4 is 5.91 Å². The van der Waals surface area contributed by atoms with Crippen LogP contribution in [0.3, 0.4) is 0 Å². The molecule has 1 rings (SSSR count). The van der Waals surface area contributed by atoms with E-state index in [1.54, 1.807) is 0 Å². The van der Waals surface area contributed by atoms with Crippen molar-refractivity contribution in [1.82, 2.24) is 5.32 Å². The minimum atomic E-state index is -0.382. The molecule has 1 aliphatic heterocycles. The van der Waals surface area contributed by atoms with Crippen LogP contribution in [-0.4, -0.2) is 31.2 Å². The molecule has 1 amide bonds. The highest BCUT2D eigenvalue weighted by Crippen LogP contribution is 2.07. The highest BCUT2D eigenvalue weighted by molar-refractivity contribution is 5.81. The quantitative estimate of drug-likeness (QED) is 0.722. The summed E-state index contributed by atoms with van der Waals surface area (Å²) in [7, 11) is 0. The molecule has 2 unspecified atom stereocenters. The van der Waals surface area contributed by atoms with Crippen LogP contribution in [0.15, 0.2) is 0 Å². The third-order valence-corrected chi connectivity index (χ3v) is 2.57. The van der Waals surface area contributed by atoms with Crippen LogP contribution in [0, 0.1) is 5.92 Å². The van der Waals surface area contributed by atoms with Gasteiger partial charge in [-0.15, -0.1) is 0 Å². The van der Waals surface area contributed by atoms with Crippen LogP contribution in [0.4, 0.5) is 0 Å². The SMILES string of the molecule is CC(C)CC(N)C(=O)NC1CCCOC1. The molecular formula is C11H22N2O2. The van der Waals surface area contributed by atoms with Gasteiger partial charge in [-0.05, 0) is 25.2 Å². The van der Waals surface area contributed by atoms with E-state index in [1.807, 2.05) is 0 Å². The molecule has 0 spiro atoms. The van der Waals surface area contributed by atoms with Gasteiger partial charge in [0.2, 0.25) is 5.91 Å². The van der Waals surface area contributed by atoms with Gasteiger partial charge in [0.15, 0.2) is 0 Å². The standard InChI is InChI=1S/C11H22N2O2/c1-8(2)6-10(12)11(14)13-9-4-3-5-15-7-9/h8-10H,3-7,12H2,1-2H3,(H,13,14). The van der Waals surface area contributed by atoms with Gasteiger partial charge in [0.1, 0.15) is 0 Å². The van der Waals surface area contributed by atoms with Crippen LogP contribution in [0.2, 0.25) is 0 Å². The molecule has 4 heteroatoms. The third-order valence-electron chi connectivity index (χ3n) is 2.57. The first kappa shape index (κ1) is 12.5. The first-order valence-corrected chi connectivity index (χ1v) is 5.73. The number of carbonyl (C=O) groups excluding carboxylic acids is 1. The van der Waals surface area contributed by atoms with Crippen molar-refractivity contribution in [3.63, 3.8) is 0 Å². The van der Waals surface area contributed by atoms with Crippen molar-refractivity contribution in [2.45, 2.75) is 45.2 Å². The highest BCUT2D eigenvalue weighted by atomic mass is 16.5. The Morgan fingerprint density at radius 1 is 1.60 bits per heavy atom. The second kappa shape index (κ2) is 6.08. The van der Waals surface area contributed by atoms with Crippen molar-refractivity contribution in [2.24, 2.45) is 11.7 Å². The Morgan fingerprint density at radius 2 is 2.33 bits per heavy atom. The molecule has 1 aliphatic rings. The smallest absolute Gasteiger partial charge is 0.237 e. The number of nitrogens with two attached hydrogens (primary N) is 1. The van der Waals surface area contributed by atoms with Gasteiger partial charge < -0.3 is 15.8 Å². The summed E-state index contributed by atoms with van der Waals surface area (Å²) in [5, 5.41) is 2.94. The summed E-state index contributed by atoms with van der Waals surface area (Å²) in [6, 6.07) is -0.226. The second-order valence-corrected chi connectivity index (χ2v) is 4.66. The van der Waals surface area contributed by atoms with Crippen LogP contribution in [0.25, 0.3) is 0 Å². The highest BCUT2D eigenvalue weighted by Gasteiger charge is 2.20. The van der Waals surface area contributed by atoms with Crippen molar-refractivity contribution in [1.29, 1.82) is 0 Å². The molecule has 0 aliphatic carbocycles. The van der Waals surface area contributed by atoms with Gasteiger partial charge in [0.25, 0.3) is 0 Å². The lowest BCUT2D eigenvalue weighted by molar-refractivity contribution is -0.124. The first-order valence-electron chi connectivity index (χ1n) is 5.73. The normalized spacial score (nSPS) is 23.9. The maximum atomic E-state index is 11.7. The Hall–Kier alpha value is -0.610. The van der Waals surface area contributed by atoms with Crippen LogP contribution < -0.4 is 11.1 Å². The fraction of sp³-hybridized carbons (Fsp3) is 0.909. The maximum Gasteiger partial charge on any atom is 0.237 e. The molecule has 15 heavy (non-hydrogen) atoms. The zero-order valence-corrected chi connectivity index (χ0v) is 9.66. The molecule has 3 N–H and O–H groups in total. The van der Waals surface area contributed by atoms with E-state index < -0.39 is 0 Å². The van der Waals surface area contributed by atoms with Gasteiger partial charge in [-0.2, -0.15) is 0 Å². The Bertz CT molecular complexity index is 201. The zero-order chi connectivity index (χ0) is 11.3. The minimum absolute atomic E-state index is 0.0424. The van der Waals surface area contributed by atoms with Gasteiger partial charge in [-0.1, -0.05) is 13.8 Å². The van der Waals surface area contributed by atoms with E-state index in [0.717, 1.165) is 25.9 Å². The van der Waals surface area contributed by atoms with Gasteiger partial charge in [0.05, 0.1) is 18.7 Å². The average molecular weight is 214 g/mol. The zero-order valence-electron chi connectivity index (χ0n) is 9.66. The molecule has 2 atom stereocenters. The Kier molecular flexibility index (Phi) is 5.05. The summed E-state index contributed by atoms with van der Waals surface area (Å²) >= 11 is 0. The molecule has 0 aromatic carbocycles. The van der Waals surface area contributed by atoms with E-state index in [1.165, 1.54) is 0 Å². The van der Waals surface area contributed by atoms with E-state index in [-0.39, 0.29) is 18.0 Å². The summed E-state index contributed by atoms with van der Waals surface area (Å²) in [4.78, 5) is 11.7. The van der Waals surface area contributed by atoms with Crippen LogP contribution in [-0.2, 0) is 9.53 Å². The van der Waals surface area contributed by atoms with Crippen LogP contribution in [0.5, 0.6) is 0 Å². The lowest BCUT2D eigenvalue weighted by atomic mass is 10.0. The van der Waals surface area contributed by atoms with E-state index in [4.69, 9.17) is 10.5 Å². The molecule has 0 bridgehead atoms. The summed E-state index contributed by atoms with van der Waals surface area (Å²) in [5.41, 5.74) is 5.78. The Labute approximate surface area is 91.5 Å². The second-order valence-electron chi connectivity index (χ2n) is 4.66. The maximum absolute atomic E-state index is 11.7. The lowest BCUT2D eigenvalue weighted by Crippen LogP contribution is -2.48. The molecule has 4 nitrogen and oxygen atoms in total. The average Bonchev–Trinajstić information content (AvgIpc) is 2.18. The van der Waals surface area contributed by atoms with Crippen molar-refractivity contribution in [3.05, 3.63) is 0 Å². The van der Waals surface area contributed by atoms with Crippen LogP contribution in [0.1, 0.15) is 33.1 Å². The van der Waals surface area contributed by atoms with Gasteiger partial charge >= 0.3 is 0 Å². The predicted octanol–water partition coefficient (Wildman–Crippen LogP) is 0.655. The number of ether oxygens (including phenoxy) is 1. The number of nitrogens with one attached hydrogen (secondary N) is 1. The van der Waals surface area contributed by atoms with Crippen LogP contribution >= 0.6 is 0 Å². The van der Waals surface area contributed by atoms with Crippen molar-refractivity contribution < 1.29 is 9.53 Å². The molecule has 0 radical (unpaired) electrons. The molecular weight excluding hydrogens is 192 g/mol. The van der Waals surface area contributed by atoms with E-state index in [2.05, 4.69) is 19.2 Å². The number of carbonyl (C=O) groups is 1. The minimum Gasteiger partial charge on any atom is -0.379 e. The summed E-state index contributed by atoms with van der Waals surface area (Å²) in [5.74, 6) is 0.410. The van der Waals surface area contributed by atoms with Gasteiger partial charge in [0, 0.05) is 6.61 Å². The van der Waals surface area contributed by atoms with Crippen molar-refractivity contribution in [2.75, 3.05) is 13.2 Å². The van der Waals surface area contributed by atoms with E-state index in [0.29, 0.717) is 12.5 Å². The lowest BCUT2D eigenvalue weighted by Gasteiger charge is -2.25. The molecule has 0 aromatic rings. The van der Waals surface area contributed by atoms with Gasteiger partial charge in [-0.3, -0.25) is 4.79 Å². The summed E-state index contributed by atoms with van der Waals surface area (Å²) in [6.45, 7) is 5.57. The first-order chi connectivity index (χ1) is 7.09. The molecule has 88 valence electrons.